The molecule has 0 aliphatic carbocycles. The number of anilines is 2. The van der Waals surface area contributed by atoms with E-state index in [1.807, 2.05) is 4.90 Å². The predicted octanol–water partition coefficient (Wildman–Crippen LogP) is 2.59. The lowest BCUT2D eigenvalue weighted by atomic mass is 10.2. The second-order valence-electron chi connectivity index (χ2n) is 3.19. The van der Waals surface area contributed by atoms with Crippen LogP contribution in [0.25, 0.3) is 0 Å². The summed E-state index contributed by atoms with van der Waals surface area (Å²) in [7, 11) is 0. The van der Waals surface area contributed by atoms with E-state index in [4.69, 9.17) is 5.73 Å². The maximum Gasteiger partial charge on any atom is 0.148 e. The Morgan fingerprint density at radius 1 is 1.27 bits per heavy atom. The third-order valence-corrected chi connectivity index (χ3v) is 2.01. The van der Waals surface area contributed by atoms with Gasteiger partial charge in [-0.05, 0) is 18.2 Å². The van der Waals surface area contributed by atoms with Crippen LogP contribution in [-0.4, -0.2) is 13.1 Å². The molecule has 0 aliphatic heterocycles. The fraction of sp³-hybridized carbons (Fsp3) is 0.167. The molecule has 3 heteroatoms. The minimum absolute atomic E-state index is 0.321. The van der Waals surface area contributed by atoms with E-state index in [9.17, 15) is 4.39 Å². The van der Waals surface area contributed by atoms with Crippen molar-refractivity contribution in [3.05, 3.63) is 49.3 Å². The molecule has 0 saturated heterocycles. The Morgan fingerprint density at radius 3 is 2.33 bits per heavy atom. The van der Waals surface area contributed by atoms with Gasteiger partial charge in [0.25, 0.3) is 0 Å². The predicted molar refractivity (Wildman–Crippen MR) is 63.4 cm³/mol. The molecule has 15 heavy (non-hydrogen) atoms. The van der Waals surface area contributed by atoms with Crippen LogP contribution < -0.4 is 10.6 Å². The Kier molecular flexibility index (Phi) is 3.92. The summed E-state index contributed by atoms with van der Waals surface area (Å²) in [6.07, 6.45) is 3.44. The zero-order chi connectivity index (χ0) is 11.3. The van der Waals surface area contributed by atoms with Gasteiger partial charge in [0.15, 0.2) is 0 Å². The Bertz CT molecular complexity index is 351. The Hall–Kier alpha value is -1.77. The molecule has 1 aromatic carbocycles. The fourth-order valence-electron chi connectivity index (χ4n) is 1.36. The van der Waals surface area contributed by atoms with Gasteiger partial charge in [-0.2, -0.15) is 0 Å². The highest BCUT2D eigenvalue weighted by Crippen LogP contribution is 2.21. The fourth-order valence-corrected chi connectivity index (χ4v) is 1.36. The van der Waals surface area contributed by atoms with Crippen molar-refractivity contribution < 1.29 is 4.39 Å². The van der Waals surface area contributed by atoms with Gasteiger partial charge in [-0.3, -0.25) is 0 Å². The molecule has 0 saturated carbocycles. The summed E-state index contributed by atoms with van der Waals surface area (Å²) in [5.41, 5.74) is 6.42. The van der Waals surface area contributed by atoms with Crippen molar-refractivity contribution in [2.24, 2.45) is 0 Å². The topological polar surface area (TPSA) is 29.3 Å². The number of nitrogens with two attached hydrogens (primary N) is 1. The highest BCUT2D eigenvalue weighted by atomic mass is 19.1. The number of nitrogen functional groups attached to an aromatic ring is 1. The van der Waals surface area contributed by atoms with E-state index in [1.165, 1.54) is 6.07 Å². The number of hydrogen-bond donors (Lipinski definition) is 1. The van der Waals surface area contributed by atoms with Crippen molar-refractivity contribution in [2.45, 2.75) is 0 Å². The molecule has 0 atom stereocenters. The second-order valence-corrected chi connectivity index (χ2v) is 3.19. The van der Waals surface area contributed by atoms with Gasteiger partial charge in [-0.1, -0.05) is 12.2 Å². The lowest BCUT2D eigenvalue weighted by Crippen LogP contribution is -2.24. The quantitative estimate of drug-likeness (QED) is 0.592. The molecule has 0 bridgehead atoms. The van der Waals surface area contributed by atoms with E-state index in [1.54, 1.807) is 24.3 Å². The summed E-state index contributed by atoms with van der Waals surface area (Å²) in [6, 6.07) is 4.66. The SMILES string of the molecule is C=CCN(CC=C)c1ccc(N)cc1F. The molecule has 1 aromatic rings. The zero-order valence-electron chi connectivity index (χ0n) is 8.62. The van der Waals surface area contributed by atoms with E-state index in [0.717, 1.165) is 0 Å². The number of rotatable bonds is 5. The number of nitrogens with zero attached hydrogens (tertiary/aromatic N) is 1. The molecule has 2 N–H and O–H groups in total. The summed E-state index contributed by atoms with van der Waals surface area (Å²) < 4.78 is 13.6. The first kappa shape index (κ1) is 11.3. The summed E-state index contributed by atoms with van der Waals surface area (Å²) >= 11 is 0. The van der Waals surface area contributed by atoms with Gasteiger partial charge in [-0.15, -0.1) is 13.2 Å². The zero-order valence-corrected chi connectivity index (χ0v) is 8.62. The van der Waals surface area contributed by atoms with Crippen LogP contribution in [0.4, 0.5) is 15.8 Å². The van der Waals surface area contributed by atoms with Crippen LogP contribution in [0.5, 0.6) is 0 Å². The first-order valence-electron chi connectivity index (χ1n) is 4.70. The molecule has 0 spiro atoms. The molecule has 0 fully saturated rings. The average molecular weight is 206 g/mol. The van der Waals surface area contributed by atoms with Gasteiger partial charge in [0.1, 0.15) is 5.82 Å². The van der Waals surface area contributed by atoms with Crippen LogP contribution in [0.1, 0.15) is 0 Å². The Morgan fingerprint density at radius 2 is 1.87 bits per heavy atom. The van der Waals surface area contributed by atoms with Crippen molar-refractivity contribution in [3.63, 3.8) is 0 Å². The van der Waals surface area contributed by atoms with Gasteiger partial charge >= 0.3 is 0 Å². The number of hydrogen-bond acceptors (Lipinski definition) is 2. The van der Waals surface area contributed by atoms with E-state index in [2.05, 4.69) is 13.2 Å². The van der Waals surface area contributed by atoms with E-state index >= 15 is 0 Å². The molecule has 0 amide bonds. The minimum Gasteiger partial charge on any atom is -0.399 e. The Balaban J connectivity index is 2.98. The second kappa shape index (κ2) is 5.20. The van der Waals surface area contributed by atoms with Gasteiger partial charge in [0.2, 0.25) is 0 Å². The van der Waals surface area contributed by atoms with Crippen LogP contribution in [-0.2, 0) is 0 Å². The first-order chi connectivity index (χ1) is 7.19. The third kappa shape index (κ3) is 2.84. The molecule has 0 aliphatic rings. The summed E-state index contributed by atoms with van der Waals surface area (Å²) in [5, 5.41) is 0. The number of halogens is 1. The lowest BCUT2D eigenvalue weighted by Gasteiger charge is -2.22. The highest BCUT2D eigenvalue weighted by Gasteiger charge is 2.08. The van der Waals surface area contributed by atoms with Crippen molar-refractivity contribution in [2.75, 3.05) is 23.7 Å². The highest BCUT2D eigenvalue weighted by molar-refractivity contribution is 5.55. The van der Waals surface area contributed by atoms with Crippen LogP contribution in [0, 0.1) is 5.82 Å². The van der Waals surface area contributed by atoms with Crippen molar-refractivity contribution in [3.8, 4) is 0 Å². The molecule has 0 radical (unpaired) electrons. The third-order valence-electron chi connectivity index (χ3n) is 2.01. The summed E-state index contributed by atoms with van der Waals surface area (Å²) in [5.74, 6) is -0.321. The molecular formula is C12H15FN2. The van der Waals surface area contributed by atoms with Crippen LogP contribution in [0.15, 0.2) is 43.5 Å². The van der Waals surface area contributed by atoms with Gasteiger partial charge in [-0.25, -0.2) is 4.39 Å². The number of benzene rings is 1. The molecule has 0 heterocycles. The van der Waals surface area contributed by atoms with Crippen molar-refractivity contribution >= 4 is 11.4 Å². The first-order valence-corrected chi connectivity index (χ1v) is 4.70. The maximum atomic E-state index is 13.6. The lowest BCUT2D eigenvalue weighted by molar-refractivity contribution is 0.623. The Labute approximate surface area is 89.5 Å². The molecule has 2 nitrogen and oxygen atoms in total. The average Bonchev–Trinajstić information content (AvgIpc) is 2.17. The van der Waals surface area contributed by atoms with Crippen molar-refractivity contribution in [1.29, 1.82) is 0 Å². The molecule has 0 unspecified atom stereocenters. The van der Waals surface area contributed by atoms with Gasteiger partial charge < -0.3 is 10.6 Å². The maximum absolute atomic E-state index is 13.6. The van der Waals surface area contributed by atoms with Crippen LogP contribution in [0.3, 0.4) is 0 Å². The monoisotopic (exact) mass is 206 g/mol. The molecule has 0 aromatic heterocycles. The molecule has 1 rings (SSSR count). The van der Waals surface area contributed by atoms with E-state index in [-0.39, 0.29) is 5.82 Å². The van der Waals surface area contributed by atoms with Gasteiger partial charge in [0, 0.05) is 18.8 Å². The van der Waals surface area contributed by atoms with Crippen LogP contribution >= 0.6 is 0 Å². The molecular weight excluding hydrogens is 191 g/mol. The summed E-state index contributed by atoms with van der Waals surface area (Å²) in [6.45, 7) is 8.42. The minimum atomic E-state index is -0.321. The normalized spacial score (nSPS) is 9.67. The summed E-state index contributed by atoms with van der Waals surface area (Å²) in [4.78, 5) is 1.83. The van der Waals surface area contributed by atoms with Crippen LogP contribution in [0.2, 0.25) is 0 Å². The van der Waals surface area contributed by atoms with Crippen molar-refractivity contribution in [1.82, 2.24) is 0 Å². The standard InChI is InChI=1S/C12H15FN2/c1-3-7-15(8-4-2)12-6-5-10(14)9-11(12)13/h3-6,9H,1-2,7-8,14H2. The van der Waals surface area contributed by atoms with Gasteiger partial charge in [0.05, 0.1) is 5.69 Å². The van der Waals surface area contributed by atoms with E-state index in [0.29, 0.717) is 24.5 Å². The van der Waals surface area contributed by atoms with E-state index < -0.39 is 0 Å². The largest absolute Gasteiger partial charge is 0.399 e. The smallest absolute Gasteiger partial charge is 0.148 e. The molecule has 80 valence electrons.